The van der Waals surface area contributed by atoms with Crippen molar-refractivity contribution in [2.75, 3.05) is 4.90 Å². The molecule has 242 valence electrons. The molecular formula is C49H35NO. The highest BCUT2D eigenvalue weighted by atomic mass is 16.3. The zero-order chi connectivity index (χ0) is 34.1. The molecule has 0 saturated carbocycles. The largest absolute Gasteiger partial charge is 0.456 e. The summed E-state index contributed by atoms with van der Waals surface area (Å²) < 4.78 is 6.43. The van der Waals surface area contributed by atoms with Crippen molar-refractivity contribution in [1.29, 1.82) is 0 Å². The number of furan rings is 1. The predicted molar refractivity (Wildman–Crippen MR) is 214 cm³/mol. The molecule has 1 heterocycles. The van der Waals surface area contributed by atoms with Gasteiger partial charge in [0.15, 0.2) is 0 Å². The fourth-order valence-electron chi connectivity index (χ4n) is 8.34. The van der Waals surface area contributed by atoms with Crippen LogP contribution in [0, 0.1) is 0 Å². The van der Waals surface area contributed by atoms with Crippen molar-refractivity contribution in [2.24, 2.45) is 0 Å². The Morgan fingerprint density at radius 3 is 1.96 bits per heavy atom. The number of hydrogen-bond donors (Lipinski definition) is 0. The second-order valence-corrected chi connectivity index (χ2v) is 14.1. The highest BCUT2D eigenvalue weighted by Gasteiger charge is 2.37. The van der Waals surface area contributed by atoms with Crippen LogP contribution in [-0.2, 0) is 5.41 Å². The molecular weight excluding hydrogens is 619 g/mol. The molecule has 1 aliphatic rings. The summed E-state index contributed by atoms with van der Waals surface area (Å²) >= 11 is 0. The molecule has 51 heavy (non-hydrogen) atoms. The third-order valence-electron chi connectivity index (χ3n) is 10.8. The van der Waals surface area contributed by atoms with Gasteiger partial charge >= 0.3 is 0 Å². The maximum absolute atomic E-state index is 6.43. The van der Waals surface area contributed by atoms with Crippen LogP contribution >= 0.6 is 0 Å². The molecule has 0 aliphatic heterocycles. The Morgan fingerprint density at radius 1 is 0.451 bits per heavy atom. The summed E-state index contributed by atoms with van der Waals surface area (Å²) in [6.45, 7) is 4.71. The first-order valence-electron chi connectivity index (χ1n) is 17.7. The molecule has 0 saturated heterocycles. The van der Waals surface area contributed by atoms with Gasteiger partial charge < -0.3 is 9.32 Å². The predicted octanol–water partition coefficient (Wildman–Crippen LogP) is 13.8. The number of fused-ring (bicyclic) bond motifs is 7. The summed E-state index contributed by atoms with van der Waals surface area (Å²) in [6, 6.07) is 63.7. The standard InChI is InChI=1S/C49H35NO/c1-49(2)42-28-27-38(31-41(42)47-39(18-11-19-43(47)49)33-15-7-4-8-16-33)50(44-20-12-22-46-48(44)40-17-9-10-21-45(40)51-46)37-26-25-35-29-34(23-24-36(35)30-37)32-13-5-3-6-14-32/h3-31H,1-2H3. The van der Waals surface area contributed by atoms with Gasteiger partial charge in [0.05, 0.1) is 11.1 Å². The van der Waals surface area contributed by atoms with Gasteiger partial charge in [-0.3, -0.25) is 0 Å². The van der Waals surface area contributed by atoms with Crippen LogP contribution < -0.4 is 4.90 Å². The third-order valence-corrected chi connectivity index (χ3v) is 10.8. The molecule has 8 aromatic carbocycles. The van der Waals surface area contributed by atoms with Crippen LogP contribution in [0.1, 0.15) is 25.0 Å². The van der Waals surface area contributed by atoms with Crippen LogP contribution in [0.25, 0.3) is 66.1 Å². The van der Waals surface area contributed by atoms with Gasteiger partial charge in [0.1, 0.15) is 11.2 Å². The summed E-state index contributed by atoms with van der Waals surface area (Å²) in [5.41, 5.74) is 15.2. The van der Waals surface area contributed by atoms with Crippen LogP contribution in [0.15, 0.2) is 180 Å². The lowest BCUT2D eigenvalue weighted by molar-refractivity contribution is 0.660. The summed E-state index contributed by atoms with van der Waals surface area (Å²) in [7, 11) is 0. The maximum Gasteiger partial charge on any atom is 0.137 e. The van der Waals surface area contributed by atoms with Crippen LogP contribution in [0.3, 0.4) is 0 Å². The minimum absolute atomic E-state index is 0.126. The van der Waals surface area contributed by atoms with E-state index in [0.717, 1.165) is 39.0 Å². The maximum atomic E-state index is 6.43. The fourth-order valence-corrected chi connectivity index (χ4v) is 8.34. The van der Waals surface area contributed by atoms with E-state index in [9.17, 15) is 0 Å². The van der Waals surface area contributed by atoms with Gasteiger partial charge in [-0.1, -0.05) is 141 Å². The Labute approximate surface area is 297 Å². The number of anilines is 3. The van der Waals surface area contributed by atoms with E-state index in [1.54, 1.807) is 0 Å². The number of hydrogen-bond acceptors (Lipinski definition) is 2. The smallest absolute Gasteiger partial charge is 0.137 e. The Hall–Kier alpha value is -6.38. The van der Waals surface area contributed by atoms with E-state index in [4.69, 9.17) is 4.42 Å². The molecule has 0 radical (unpaired) electrons. The molecule has 2 heteroatoms. The Kier molecular flexibility index (Phi) is 6.56. The lowest BCUT2D eigenvalue weighted by Gasteiger charge is -2.28. The van der Waals surface area contributed by atoms with Gasteiger partial charge in [-0.05, 0) is 104 Å². The van der Waals surface area contributed by atoms with Crippen LogP contribution in [0.4, 0.5) is 17.1 Å². The highest BCUT2D eigenvalue weighted by Crippen LogP contribution is 2.54. The molecule has 0 fully saturated rings. The third kappa shape index (κ3) is 4.64. The topological polar surface area (TPSA) is 16.4 Å². The van der Waals surface area contributed by atoms with E-state index in [-0.39, 0.29) is 5.41 Å². The normalized spacial score (nSPS) is 13.1. The van der Waals surface area contributed by atoms with Crippen molar-refractivity contribution < 1.29 is 4.42 Å². The molecule has 10 rings (SSSR count). The molecule has 0 bridgehead atoms. The SMILES string of the molecule is CC1(C)c2ccc(N(c3ccc4cc(-c5ccccc5)ccc4c3)c3cccc4oc5ccccc5c34)cc2-c2c(-c3ccccc3)cccc21. The molecule has 0 atom stereocenters. The minimum atomic E-state index is -0.126. The summed E-state index contributed by atoms with van der Waals surface area (Å²) in [5.74, 6) is 0. The van der Waals surface area contributed by atoms with E-state index in [2.05, 4.69) is 189 Å². The molecule has 1 aliphatic carbocycles. The molecule has 2 nitrogen and oxygen atoms in total. The lowest BCUT2D eigenvalue weighted by atomic mass is 9.82. The van der Waals surface area contributed by atoms with Gasteiger partial charge in [0.2, 0.25) is 0 Å². The molecule has 1 aromatic heterocycles. The molecule has 0 N–H and O–H groups in total. The van der Waals surface area contributed by atoms with Gasteiger partial charge in [-0.2, -0.15) is 0 Å². The summed E-state index contributed by atoms with van der Waals surface area (Å²) in [6.07, 6.45) is 0. The average molecular weight is 654 g/mol. The quantitative estimate of drug-likeness (QED) is 0.184. The van der Waals surface area contributed by atoms with Gasteiger partial charge in [-0.15, -0.1) is 0 Å². The monoisotopic (exact) mass is 653 g/mol. The van der Waals surface area contributed by atoms with E-state index in [1.165, 1.54) is 55.3 Å². The van der Waals surface area contributed by atoms with Crippen molar-refractivity contribution >= 4 is 49.8 Å². The van der Waals surface area contributed by atoms with Gasteiger partial charge in [-0.25, -0.2) is 0 Å². The number of para-hydroxylation sites is 1. The van der Waals surface area contributed by atoms with Crippen molar-refractivity contribution in [2.45, 2.75) is 19.3 Å². The van der Waals surface area contributed by atoms with E-state index >= 15 is 0 Å². The number of rotatable bonds is 5. The number of nitrogens with zero attached hydrogens (tertiary/aromatic N) is 1. The van der Waals surface area contributed by atoms with Crippen molar-refractivity contribution in [1.82, 2.24) is 0 Å². The Morgan fingerprint density at radius 2 is 1.12 bits per heavy atom. The second-order valence-electron chi connectivity index (χ2n) is 14.1. The van der Waals surface area contributed by atoms with E-state index < -0.39 is 0 Å². The lowest BCUT2D eigenvalue weighted by Crippen LogP contribution is -2.15. The molecule has 0 unspecified atom stereocenters. The van der Waals surface area contributed by atoms with Crippen LogP contribution in [0.5, 0.6) is 0 Å². The first-order valence-corrected chi connectivity index (χ1v) is 17.7. The molecule has 9 aromatic rings. The molecule has 0 amide bonds. The Balaban J connectivity index is 1.21. The van der Waals surface area contributed by atoms with Gasteiger partial charge in [0, 0.05) is 22.2 Å². The summed E-state index contributed by atoms with van der Waals surface area (Å²) in [5, 5.41) is 4.63. The minimum Gasteiger partial charge on any atom is -0.456 e. The highest BCUT2D eigenvalue weighted by molar-refractivity contribution is 6.13. The second kappa shape index (κ2) is 11.3. The zero-order valence-electron chi connectivity index (χ0n) is 28.6. The first-order chi connectivity index (χ1) is 25.0. The average Bonchev–Trinajstić information content (AvgIpc) is 3.68. The molecule has 0 spiro atoms. The van der Waals surface area contributed by atoms with Crippen LogP contribution in [0.2, 0.25) is 0 Å². The first kappa shape index (κ1) is 29.5. The number of benzene rings is 8. The zero-order valence-corrected chi connectivity index (χ0v) is 28.6. The van der Waals surface area contributed by atoms with Crippen molar-refractivity contribution in [3.05, 3.63) is 187 Å². The van der Waals surface area contributed by atoms with E-state index in [1.807, 2.05) is 6.07 Å². The fraction of sp³-hybridized carbons (Fsp3) is 0.0612. The summed E-state index contributed by atoms with van der Waals surface area (Å²) in [4.78, 5) is 2.42. The van der Waals surface area contributed by atoms with Gasteiger partial charge in [0.25, 0.3) is 0 Å². The van der Waals surface area contributed by atoms with Crippen LogP contribution in [-0.4, -0.2) is 0 Å². The Bertz CT molecular complexity index is 2770. The van der Waals surface area contributed by atoms with Crippen molar-refractivity contribution in [3.63, 3.8) is 0 Å². The van der Waals surface area contributed by atoms with E-state index in [0.29, 0.717) is 0 Å². The van der Waals surface area contributed by atoms with Crippen molar-refractivity contribution in [3.8, 4) is 33.4 Å².